The first-order valence-corrected chi connectivity index (χ1v) is 6.10. The van der Waals surface area contributed by atoms with Crippen LogP contribution in [0.4, 0.5) is 0 Å². The molecule has 4 heteroatoms. The fourth-order valence-electron chi connectivity index (χ4n) is 2.25. The average Bonchev–Trinajstić information content (AvgIpc) is 2.40. The minimum Gasteiger partial charge on any atom is -0.299 e. The molecule has 1 aliphatic rings. The number of Topliss-reactive ketones (excluding diaryl/α,β-unsaturated/α-hetero) is 2. The van der Waals surface area contributed by atoms with Crippen LogP contribution in [-0.4, -0.2) is 21.5 Å². The summed E-state index contributed by atoms with van der Waals surface area (Å²) in [5.41, 5.74) is 0. The summed E-state index contributed by atoms with van der Waals surface area (Å²) in [4.78, 5) is 31.4. The van der Waals surface area contributed by atoms with Crippen LogP contribution in [0, 0.1) is 5.92 Å². The maximum Gasteiger partial charge on any atom is 0.207 e. The van der Waals surface area contributed by atoms with Gasteiger partial charge in [-0.3, -0.25) is 9.59 Å². The topological polar surface area (TPSA) is 59.9 Å². The van der Waals surface area contributed by atoms with Crippen LogP contribution in [0.5, 0.6) is 0 Å². The van der Waals surface area contributed by atoms with E-state index < -0.39 is 0 Å². The van der Waals surface area contributed by atoms with Crippen LogP contribution in [-0.2, 0) is 4.79 Å². The number of aromatic nitrogens is 2. The number of nitrogens with zero attached hydrogens (tertiary/aromatic N) is 2. The number of ketones is 2. The first-order chi connectivity index (χ1) is 8.27. The van der Waals surface area contributed by atoms with E-state index in [1.54, 1.807) is 6.07 Å². The third-order valence-corrected chi connectivity index (χ3v) is 3.21. The van der Waals surface area contributed by atoms with E-state index in [2.05, 4.69) is 9.97 Å². The summed E-state index contributed by atoms with van der Waals surface area (Å²) in [6.45, 7) is 0. The minimum atomic E-state index is -0.263. The fraction of sp³-hybridized carbons (Fsp3) is 0.538. The van der Waals surface area contributed by atoms with Crippen molar-refractivity contribution < 1.29 is 9.59 Å². The molecule has 1 aromatic rings. The van der Waals surface area contributed by atoms with E-state index in [0.717, 1.165) is 25.7 Å². The number of hydrogen-bond donors (Lipinski definition) is 0. The van der Waals surface area contributed by atoms with Crippen molar-refractivity contribution in [1.29, 1.82) is 0 Å². The number of carbonyl (C=O) groups excluding carboxylic acids is 2. The molecule has 1 aromatic heterocycles. The molecule has 1 fully saturated rings. The van der Waals surface area contributed by atoms with E-state index in [9.17, 15) is 9.59 Å². The van der Waals surface area contributed by atoms with Crippen LogP contribution in [0.15, 0.2) is 18.5 Å². The lowest BCUT2D eigenvalue weighted by molar-refractivity contribution is -0.122. The molecule has 4 nitrogen and oxygen atoms in total. The molecule has 2 rings (SSSR count). The Labute approximate surface area is 100 Å². The van der Waals surface area contributed by atoms with Gasteiger partial charge in [0.1, 0.15) is 5.78 Å². The summed E-state index contributed by atoms with van der Waals surface area (Å²) in [5.74, 6) is 0.0244. The normalized spacial score (nSPS) is 16.7. The van der Waals surface area contributed by atoms with Crippen molar-refractivity contribution in [3.8, 4) is 0 Å². The van der Waals surface area contributed by atoms with E-state index in [1.165, 1.54) is 18.8 Å². The van der Waals surface area contributed by atoms with E-state index in [1.807, 2.05) is 0 Å². The van der Waals surface area contributed by atoms with Gasteiger partial charge in [-0.2, -0.15) is 0 Å². The second kappa shape index (κ2) is 5.66. The van der Waals surface area contributed by atoms with E-state index in [0.29, 0.717) is 0 Å². The van der Waals surface area contributed by atoms with Gasteiger partial charge in [-0.15, -0.1) is 0 Å². The van der Waals surface area contributed by atoms with Crippen molar-refractivity contribution in [2.24, 2.45) is 5.92 Å². The van der Waals surface area contributed by atoms with Crippen molar-refractivity contribution >= 4 is 11.6 Å². The third-order valence-electron chi connectivity index (χ3n) is 3.21. The molecule has 90 valence electrons. The molecule has 17 heavy (non-hydrogen) atoms. The predicted molar refractivity (Wildman–Crippen MR) is 62.6 cm³/mol. The van der Waals surface area contributed by atoms with Gasteiger partial charge in [0.2, 0.25) is 5.78 Å². The Kier molecular flexibility index (Phi) is 3.96. The van der Waals surface area contributed by atoms with Crippen LogP contribution < -0.4 is 0 Å². The molecular weight excluding hydrogens is 216 g/mol. The van der Waals surface area contributed by atoms with Crippen LogP contribution in [0.3, 0.4) is 0 Å². The molecular formula is C13H16N2O2. The second-order valence-electron chi connectivity index (χ2n) is 4.47. The van der Waals surface area contributed by atoms with Crippen LogP contribution in [0.25, 0.3) is 0 Å². The Morgan fingerprint density at radius 1 is 1.12 bits per heavy atom. The second-order valence-corrected chi connectivity index (χ2v) is 4.47. The lowest BCUT2D eigenvalue weighted by Crippen LogP contribution is -2.21. The molecule has 0 atom stereocenters. The monoisotopic (exact) mass is 232 g/mol. The van der Waals surface area contributed by atoms with Crippen molar-refractivity contribution in [3.05, 3.63) is 24.3 Å². The lowest BCUT2D eigenvalue weighted by Gasteiger charge is -2.19. The van der Waals surface area contributed by atoms with Crippen LogP contribution >= 0.6 is 0 Å². The quantitative estimate of drug-likeness (QED) is 0.589. The molecule has 0 aromatic carbocycles. The van der Waals surface area contributed by atoms with Crippen molar-refractivity contribution in [2.75, 3.05) is 0 Å². The standard InChI is InChI=1S/C13H16N2O2/c16-11(10-5-2-1-3-6-10)9-12(17)13-14-7-4-8-15-13/h4,7-8,10H,1-3,5-6,9H2. The van der Waals surface area contributed by atoms with Gasteiger partial charge < -0.3 is 0 Å². The Morgan fingerprint density at radius 2 is 1.76 bits per heavy atom. The summed E-state index contributed by atoms with van der Waals surface area (Å²) in [6.07, 6.45) is 8.27. The Balaban J connectivity index is 1.92. The molecule has 1 aliphatic carbocycles. The maximum atomic E-state index is 11.9. The SMILES string of the molecule is O=C(CC(=O)C1CCCCC1)c1ncccn1. The van der Waals surface area contributed by atoms with Crippen molar-refractivity contribution in [2.45, 2.75) is 38.5 Å². The Hall–Kier alpha value is -1.58. The highest BCUT2D eigenvalue weighted by molar-refractivity contribution is 6.06. The summed E-state index contributed by atoms with van der Waals surface area (Å²) in [6, 6.07) is 1.65. The molecule has 0 spiro atoms. The van der Waals surface area contributed by atoms with Crippen LogP contribution in [0.1, 0.15) is 49.1 Å². The fourth-order valence-corrected chi connectivity index (χ4v) is 2.25. The average molecular weight is 232 g/mol. The molecule has 1 saturated carbocycles. The number of hydrogen-bond acceptors (Lipinski definition) is 4. The molecule has 1 heterocycles. The van der Waals surface area contributed by atoms with E-state index in [4.69, 9.17) is 0 Å². The van der Waals surface area contributed by atoms with E-state index >= 15 is 0 Å². The van der Waals surface area contributed by atoms with Gasteiger partial charge in [-0.25, -0.2) is 9.97 Å². The molecule has 0 bridgehead atoms. The van der Waals surface area contributed by atoms with Gasteiger partial charge in [0, 0.05) is 18.3 Å². The van der Waals surface area contributed by atoms with Crippen molar-refractivity contribution in [3.63, 3.8) is 0 Å². The highest BCUT2D eigenvalue weighted by Crippen LogP contribution is 2.25. The molecule has 0 aliphatic heterocycles. The predicted octanol–water partition coefficient (Wildman–Crippen LogP) is 2.20. The smallest absolute Gasteiger partial charge is 0.207 e. The minimum absolute atomic E-state index is 0.0469. The molecule has 0 amide bonds. The number of carbonyl (C=O) groups is 2. The molecule has 0 saturated heterocycles. The zero-order valence-corrected chi connectivity index (χ0v) is 9.76. The van der Waals surface area contributed by atoms with Crippen molar-refractivity contribution in [1.82, 2.24) is 9.97 Å². The molecule has 0 N–H and O–H groups in total. The summed E-state index contributed by atoms with van der Waals surface area (Å²) in [7, 11) is 0. The molecule has 0 radical (unpaired) electrons. The molecule has 0 unspecified atom stereocenters. The summed E-state index contributed by atoms with van der Waals surface area (Å²) < 4.78 is 0. The van der Waals surface area contributed by atoms with Crippen LogP contribution in [0.2, 0.25) is 0 Å². The van der Waals surface area contributed by atoms with Gasteiger partial charge in [0.15, 0.2) is 5.82 Å². The third kappa shape index (κ3) is 3.19. The summed E-state index contributed by atoms with van der Waals surface area (Å²) in [5, 5.41) is 0. The highest BCUT2D eigenvalue weighted by atomic mass is 16.1. The lowest BCUT2D eigenvalue weighted by atomic mass is 9.84. The Bertz CT molecular complexity index is 397. The van der Waals surface area contributed by atoms with Gasteiger partial charge in [-0.05, 0) is 18.9 Å². The first kappa shape index (κ1) is 11.9. The Morgan fingerprint density at radius 3 is 2.41 bits per heavy atom. The maximum absolute atomic E-state index is 11.9. The van der Waals surface area contributed by atoms with Gasteiger partial charge in [0.05, 0.1) is 6.42 Å². The zero-order valence-electron chi connectivity index (χ0n) is 9.76. The van der Waals surface area contributed by atoms with Gasteiger partial charge in [-0.1, -0.05) is 19.3 Å². The zero-order chi connectivity index (χ0) is 12.1. The largest absolute Gasteiger partial charge is 0.299 e. The summed E-state index contributed by atoms with van der Waals surface area (Å²) >= 11 is 0. The highest BCUT2D eigenvalue weighted by Gasteiger charge is 2.24. The van der Waals surface area contributed by atoms with E-state index in [-0.39, 0.29) is 29.7 Å². The number of rotatable bonds is 4. The first-order valence-electron chi connectivity index (χ1n) is 6.10. The van der Waals surface area contributed by atoms with Gasteiger partial charge in [0.25, 0.3) is 0 Å². The van der Waals surface area contributed by atoms with Gasteiger partial charge >= 0.3 is 0 Å².